The van der Waals surface area contributed by atoms with Crippen molar-refractivity contribution in [2.24, 2.45) is 5.16 Å². The topological polar surface area (TPSA) is 73.1 Å². The summed E-state index contributed by atoms with van der Waals surface area (Å²) < 4.78 is 0. The van der Waals surface area contributed by atoms with Gasteiger partial charge in [0.15, 0.2) is 0 Å². The number of aromatic hydroxyl groups is 2. The van der Waals surface area contributed by atoms with E-state index in [2.05, 4.69) is 5.16 Å². The van der Waals surface area contributed by atoms with Crippen LogP contribution in [0.3, 0.4) is 0 Å². The van der Waals surface area contributed by atoms with Crippen LogP contribution in [-0.4, -0.2) is 21.1 Å². The average Bonchev–Trinajstić information content (AvgIpc) is 2.41. The average molecular weight is 278 g/mol. The van der Waals surface area contributed by atoms with E-state index >= 15 is 0 Å². The van der Waals surface area contributed by atoms with Gasteiger partial charge in [0, 0.05) is 5.56 Å². The summed E-state index contributed by atoms with van der Waals surface area (Å²) in [6, 6.07) is 9.75. The minimum atomic E-state index is 0.0116. The molecule has 0 aliphatic heterocycles. The van der Waals surface area contributed by atoms with Crippen molar-refractivity contribution < 1.29 is 15.4 Å². The van der Waals surface area contributed by atoms with Gasteiger partial charge in [0.2, 0.25) is 0 Å². The predicted octanol–water partition coefficient (Wildman–Crippen LogP) is 3.62. The molecular formula is C14H12ClNO3. The number of phenols is 2. The number of benzene rings is 2. The van der Waals surface area contributed by atoms with Gasteiger partial charge in [-0.15, -0.1) is 0 Å². The molecular weight excluding hydrogens is 266 g/mol. The van der Waals surface area contributed by atoms with Crippen LogP contribution in [-0.2, 0) is 0 Å². The minimum Gasteiger partial charge on any atom is -0.507 e. The molecule has 19 heavy (non-hydrogen) atoms. The summed E-state index contributed by atoms with van der Waals surface area (Å²) in [4.78, 5) is 0. The fourth-order valence-corrected chi connectivity index (χ4v) is 1.93. The van der Waals surface area contributed by atoms with E-state index in [9.17, 15) is 10.2 Å². The third-order valence-electron chi connectivity index (χ3n) is 2.82. The molecule has 0 atom stereocenters. The summed E-state index contributed by atoms with van der Waals surface area (Å²) in [6.45, 7) is 1.59. The van der Waals surface area contributed by atoms with Crippen LogP contribution in [0.4, 0.5) is 0 Å². The maximum Gasteiger partial charge on any atom is 0.134 e. The summed E-state index contributed by atoms with van der Waals surface area (Å²) in [7, 11) is 0. The first-order chi connectivity index (χ1) is 9.02. The van der Waals surface area contributed by atoms with Crippen molar-refractivity contribution >= 4 is 17.3 Å². The third kappa shape index (κ3) is 2.63. The van der Waals surface area contributed by atoms with Crippen LogP contribution >= 0.6 is 11.6 Å². The van der Waals surface area contributed by atoms with Gasteiger partial charge in [-0.1, -0.05) is 28.9 Å². The molecule has 0 unspecified atom stereocenters. The lowest BCUT2D eigenvalue weighted by Gasteiger charge is -2.08. The van der Waals surface area contributed by atoms with Crippen molar-refractivity contribution in [2.45, 2.75) is 6.92 Å². The second-order valence-corrected chi connectivity index (χ2v) is 4.49. The van der Waals surface area contributed by atoms with Crippen LogP contribution in [0.2, 0.25) is 5.02 Å². The fraction of sp³-hybridized carbons (Fsp3) is 0.0714. The van der Waals surface area contributed by atoms with Gasteiger partial charge in [0.1, 0.15) is 11.5 Å². The van der Waals surface area contributed by atoms with Crippen LogP contribution in [0.5, 0.6) is 11.5 Å². The first kappa shape index (κ1) is 13.2. The maximum atomic E-state index is 9.72. The van der Waals surface area contributed by atoms with Crippen LogP contribution in [0.1, 0.15) is 12.5 Å². The molecule has 0 amide bonds. The molecule has 0 aliphatic carbocycles. The lowest BCUT2D eigenvalue weighted by Crippen LogP contribution is -1.95. The molecule has 0 bridgehead atoms. The molecule has 3 N–H and O–H groups in total. The lowest BCUT2D eigenvalue weighted by molar-refractivity contribution is 0.318. The summed E-state index contributed by atoms with van der Waals surface area (Å²) in [5.74, 6) is 0.0430. The van der Waals surface area contributed by atoms with Crippen molar-refractivity contribution in [3.05, 3.63) is 47.0 Å². The Hall–Kier alpha value is -2.20. The van der Waals surface area contributed by atoms with Gasteiger partial charge in [-0.2, -0.15) is 0 Å². The van der Waals surface area contributed by atoms with Crippen LogP contribution in [0.15, 0.2) is 41.6 Å². The van der Waals surface area contributed by atoms with E-state index < -0.39 is 0 Å². The molecule has 0 saturated heterocycles. The quantitative estimate of drug-likeness (QED) is 0.446. The standard InChI is InChI=1S/C14H12ClNO3/c1-8(16-19)11-6-9(2-4-13(11)17)10-3-5-14(18)12(15)7-10/h2-7,17-19H,1H3/b16-8+. The second kappa shape index (κ2) is 5.20. The molecule has 2 aromatic carbocycles. The van der Waals surface area contributed by atoms with Crippen molar-refractivity contribution in [3.8, 4) is 22.6 Å². The number of phenolic OH excluding ortho intramolecular Hbond substituents is 2. The van der Waals surface area contributed by atoms with Crippen LogP contribution in [0, 0.1) is 0 Å². The first-order valence-electron chi connectivity index (χ1n) is 5.54. The molecule has 0 radical (unpaired) electrons. The molecule has 98 valence electrons. The van der Waals surface area contributed by atoms with E-state index in [1.165, 1.54) is 12.1 Å². The highest BCUT2D eigenvalue weighted by molar-refractivity contribution is 6.32. The molecule has 0 heterocycles. The molecule has 2 rings (SSSR count). The van der Waals surface area contributed by atoms with Gasteiger partial charge >= 0.3 is 0 Å². The molecule has 2 aromatic rings. The zero-order valence-corrected chi connectivity index (χ0v) is 10.9. The Bertz CT molecular complexity index is 653. The SMILES string of the molecule is C/C(=N\O)c1cc(-c2ccc(O)c(Cl)c2)ccc1O. The Labute approximate surface area is 115 Å². The third-order valence-corrected chi connectivity index (χ3v) is 3.12. The van der Waals surface area contributed by atoms with Gasteiger partial charge in [0.25, 0.3) is 0 Å². The molecule has 0 aromatic heterocycles. The van der Waals surface area contributed by atoms with E-state index in [4.69, 9.17) is 16.8 Å². The van der Waals surface area contributed by atoms with Crippen molar-refractivity contribution in [2.75, 3.05) is 0 Å². The van der Waals surface area contributed by atoms with Crippen molar-refractivity contribution in [1.29, 1.82) is 0 Å². The first-order valence-corrected chi connectivity index (χ1v) is 5.91. The highest BCUT2D eigenvalue weighted by Gasteiger charge is 2.09. The fourth-order valence-electron chi connectivity index (χ4n) is 1.75. The zero-order valence-electron chi connectivity index (χ0n) is 10.1. The van der Waals surface area contributed by atoms with Gasteiger partial charge < -0.3 is 15.4 Å². The van der Waals surface area contributed by atoms with Crippen LogP contribution in [0.25, 0.3) is 11.1 Å². The highest BCUT2D eigenvalue weighted by Crippen LogP contribution is 2.31. The molecule has 0 aliphatic rings. The molecule has 0 saturated carbocycles. The van der Waals surface area contributed by atoms with Crippen molar-refractivity contribution in [1.82, 2.24) is 0 Å². The largest absolute Gasteiger partial charge is 0.507 e. The molecule has 0 spiro atoms. The van der Waals surface area contributed by atoms with E-state index in [1.54, 1.807) is 31.2 Å². The maximum absolute atomic E-state index is 9.72. The highest BCUT2D eigenvalue weighted by atomic mass is 35.5. The van der Waals surface area contributed by atoms with Gasteiger partial charge in [-0.05, 0) is 42.3 Å². The van der Waals surface area contributed by atoms with E-state index in [1.807, 2.05) is 0 Å². The van der Waals surface area contributed by atoms with E-state index in [0.717, 1.165) is 11.1 Å². The Morgan fingerprint density at radius 2 is 1.58 bits per heavy atom. The van der Waals surface area contributed by atoms with Gasteiger partial charge in [-0.25, -0.2) is 0 Å². The van der Waals surface area contributed by atoms with Gasteiger partial charge in [0.05, 0.1) is 10.7 Å². The van der Waals surface area contributed by atoms with Gasteiger partial charge in [-0.3, -0.25) is 0 Å². The summed E-state index contributed by atoms with van der Waals surface area (Å²) in [5, 5.41) is 31.2. The number of hydrogen-bond acceptors (Lipinski definition) is 4. The molecule has 0 fully saturated rings. The smallest absolute Gasteiger partial charge is 0.134 e. The number of hydrogen-bond donors (Lipinski definition) is 3. The van der Waals surface area contributed by atoms with Crippen LogP contribution < -0.4 is 0 Å². The number of halogens is 1. The van der Waals surface area contributed by atoms with E-state index in [-0.39, 0.29) is 16.5 Å². The Kier molecular flexibility index (Phi) is 3.62. The number of oxime groups is 1. The normalized spacial score (nSPS) is 11.6. The van der Waals surface area contributed by atoms with E-state index in [0.29, 0.717) is 11.3 Å². The predicted molar refractivity (Wildman–Crippen MR) is 74.2 cm³/mol. The Morgan fingerprint density at radius 1 is 1.00 bits per heavy atom. The van der Waals surface area contributed by atoms with Crippen molar-refractivity contribution in [3.63, 3.8) is 0 Å². The monoisotopic (exact) mass is 277 g/mol. The number of nitrogens with zero attached hydrogens (tertiary/aromatic N) is 1. The Morgan fingerprint density at radius 3 is 2.16 bits per heavy atom. The summed E-state index contributed by atoms with van der Waals surface area (Å²) in [5.41, 5.74) is 2.32. The summed E-state index contributed by atoms with van der Waals surface area (Å²) in [6.07, 6.45) is 0. The lowest BCUT2D eigenvalue weighted by atomic mass is 10.0. The molecule has 5 heteroatoms. The molecule has 4 nitrogen and oxygen atoms in total. The number of rotatable bonds is 2. The summed E-state index contributed by atoms with van der Waals surface area (Å²) >= 11 is 5.86. The zero-order chi connectivity index (χ0) is 14.0. The Balaban J connectivity index is 2.54. The minimum absolute atomic E-state index is 0.0116. The second-order valence-electron chi connectivity index (χ2n) is 4.08.